The fraction of sp³-hybridized carbons (Fsp3) is 0.417. The van der Waals surface area contributed by atoms with Gasteiger partial charge in [-0.1, -0.05) is 6.07 Å². The number of benzene rings is 1. The molecule has 3 heterocycles. The molecule has 0 unspecified atom stereocenters. The van der Waals surface area contributed by atoms with Gasteiger partial charge in [0.05, 0.1) is 23.7 Å². The number of ether oxygens (including phenoxy) is 1. The number of amides is 1. The molecule has 9 heteroatoms. The van der Waals surface area contributed by atoms with Gasteiger partial charge in [0.1, 0.15) is 11.2 Å². The van der Waals surface area contributed by atoms with Crippen molar-refractivity contribution in [1.29, 1.82) is 0 Å². The van der Waals surface area contributed by atoms with Crippen molar-refractivity contribution < 1.29 is 14.3 Å². The van der Waals surface area contributed by atoms with E-state index in [4.69, 9.17) is 4.74 Å². The molecule has 0 spiro atoms. The van der Waals surface area contributed by atoms with E-state index in [-0.39, 0.29) is 29.9 Å². The van der Waals surface area contributed by atoms with Crippen molar-refractivity contribution >= 4 is 33.4 Å². The number of likely N-dealkylation sites (tertiary alicyclic amines) is 1. The third-order valence-corrected chi connectivity index (χ3v) is 6.87. The minimum Gasteiger partial charge on any atom is -0.466 e. The van der Waals surface area contributed by atoms with Crippen LogP contribution in [0.15, 0.2) is 39.2 Å². The van der Waals surface area contributed by atoms with Gasteiger partial charge in [0.2, 0.25) is 5.91 Å². The first-order chi connectivity index (χ1) is 15.8. The molecule has 1 fully saturated rings. The van der Waals surface area contributed by atoms with Crippen molar-refractivity contribution in [3.63, 3.8) is 0 Å². The van der Waals surface area contributed by atoms with Gasteiger partial charge >= 0.3 is 11.7 Å². The lowest BCUT2D eigenvalue weighted by atomic mass is 9.97. The molecule has 1 aromatic carbocycles. The quantitative estimate of drug-likeness (QED) is 0.536. The predicted octanol–water partition coefficient (Wildman–Crippen LogP) is 2.63. The zero-order valence-electron chi connectivity index (χ0n) is 19.0. The number of carbonyl (C=O) groups excluding carboxylic acids is 2. The van der Waals surface area contributed by atoms with Crippen LogP contribution in [0.25, 0.3) is 15.9 Å². The standard InChI is InChI=1S/C24H27N3O5S/c1-4-32-23(30)17-5-8-25(9-6-17)20(28)14-26-19-7-10-33-21(19)22(29)27(24(26)31)18-12-15(2)11-16(3)13-18/h7,10-13,17H,4-6,8-9,14H2,1-3H3. The van der Waals surface area contributed by atoms with E-state index >= 15 is 0 Å². The van der Waals surface area contributed by atoms with E-state index in [9.17, 15) is 19.2 Å². The summed E-state index contributed by atoms with van der Waals surface area (Å²) in [6.07, 6.45) is 1.07. The summed E-state index contributed by atoms with van der Waals surface area (Å²) in [4.78, 5) is 53.3. The summed E-state index contributed by atoms with van der Waals surface area (Å²) in [5.41, 5.74) is 1.92. The van der Waals surface area contributed by atoms with E-state index in [0.717, 1.165) is 15.7 Å². The molecule has 4 rings (SSSR count). The highest BCUT2D eigenvalue weighted by atomic mass is 32.1. The Kier molecular flexibility index (Phi) is 6.51. The second kappa shape index (κ2) is 9.35. The number of aryl methyl sites for hydroxylation is 2. The van der Waals surface area contributed by atoms with Gasteiger partial charge in [-0.15, -0.1) is 11.3 Å². The van der Waals surface area contributed by atoms with Crippen molar-refractivity contribution in [1.82, 2.24) is 14.0 Å². The molecule has 0 N–H and O–H groups in total. The number of carbonyl (C=O) groups is 2. The summed E-state index contributed by atoms with van der Waals surface area (Å²) < 4.78 is 8.06. The molecular formula is C24H27N3O5S. The van der Waals surface area contributed by atoms with Crippen LogP contribution in [-0.2, 0) is 20.9 Å². The number of piperidine rings is 1. The molecule has 1 saturated heterocycles. The average Bonchev–Trinajstić information content (AvgIpc) is 3.26. The summed E-state index contributed by atoms with van der Waals surface area (Å²) in [5, 5.41) is 1.75. The van der Waals surface area contributed by atoms with Crippen LogP contribution in [0.2, 0.25) is 0 Å². The molecular weight excluding hydrogens is 442 g/mol. The fourth-order valence-electron chi connectivity index (χ4n) is 4.41. The highest BCUT2D eigenvalue weighted by Crippen LogP contribution is 2.21. The predicted molar refractivity (Wildman–Crippen MR) is 127 cm³/mol. The monoisotopic (exact) mass is 469 g/mol. The molecule has 0 saturated carbocycles. The van der Waals surface area contributed by atoms with Crippen LogP contribution in [0.4, 0.5) is 0 Å². The number of hydrogen-bond acceptors (Lipinski definition) is 6. The van der Waals surface area contributed by atoms with Crippen molar-refractivity contribution in [2.24, 2.45) is 5.92 Å². The van der Waals surface area contributed by atoms with Crippen molar-refractivity contribution in [2.45, 2.75) is 40.2 Å². The lowest BCUT2D eigenvalue weighted by Crippen LogP contribution is -2.45. The molecule has 174 valence electrons. The Labute approximate surface area is 195 Å². The molecule has 0 aliphatic carbocycles. The van der Waals surface area contributed by atoms with Gasteiger partial charge in [0.25, 0.3) is 5.56 Å². The summed E-state index contributed by atoms with van der Waals surface area (Å²) >= 11 is 1.26. The summed E-state index contributed by atoms with van der Waals surface area (Å²) in [6.45, 7) is 6.63. The Morgan fingerprint density at radius 3 is 2.39 bits per heavy atom. The highest BCUT2D eigenvalue weighted by molar-refractivity contribution is 7.17. The van der Waals surface area contributed by atoms with E-state index in [0.29, 0.717) is 48.4 Å². The molecule has 33 heavy (non-hydrogen) atoms. The Hall–Kier alpha value is -3.20. The first-order valence-corrected chi connectivity index (χ1v) is 11.9. The molecule has 2 aromatic heterocycles. The van der Waals surface area contributed by atoms with Gasteiger partial charge < -0.3 is 9.64 Å². The first kappa shape index (κ1) is 23.0. The molecule has 1 amide bonds. The number of hydrogen-bond donors (Lipinski definition) is 0. The zero-order valence-corrected chi connectivity index (χ0v) is 19.8. The Morgan fingerprint density at radius 1 is 1.09 bits per heavy atom. The number of thiophene rings is 1. The van der Waals surface area contributed by atoms with Gasteiger partial charge in [0.15, 0.2) is 0 Å². The minimum absolute atomic E-state index is 0.165. The normalized spacial score (nSPS) is 14.6. The van der Waals surface area contributed by atoms with Gasteiger partial charge in [-0.3, -0.25) is 19.0 Å². The van der Waals surface area contributed by atoms with Crippen molar-refractivity contribution in [3.8, 4) is 5.69 Å². The molecule has 8 nitrogen and oxygen atoms in total. The number of aromatic nitrogens is 2. The maximum atomic E-state index is 13.5. The largest absolute Gasteiger partial charge is 0.466 e. The van der Waals surface area contributed by atoms with Gasteiger partial charge in [0, 0.05) is 13.1 Å². The van der Waals surface area contributed by atoms with Crippen LogP contribution in [0.1, 0.15) is 30.9 Å². The topological polar surface area (TPSA) is 90.6 Å². The van der Waals surface area contributed by atoms with E-state index in [1.165, 1.54) is 15.9 Å². The summed E-state index contributed by atoms with van der Waals surface area (Å²) in [7, 11) is 0. The summed E-state index contributed by atoms with van der Waals surface area (Å²) in [6, 6.07) is 7.26. The molecule has 0 atom stereocenters. The smallest absolute Gasteiger partial charge is 0.336 e. The van der Waals surface area contributed by atoms with Crippen LogP contribution in [-0.4, -0.2) is 45.6 Å². The minimum atomic E-state index is -0.536. The molecule has 0 radical (unpaired) electrons. The third kappa shape index (κ3) is 4.50. The lowest BCUT2D eigenvalue weighted by molar-refractivity contribution is -0.151. The SMILES string of the molecule is CCOC(=O)C1CCN(C(=O)Cn2c(=O)n(-c3cc(C)cc(C)c3)c(=O)c3sccc32)CC1. The molecule has 1 aliphatic heterocycles. The first-order valence-electron chi connectivity index (χ1n) is 11.1. The Bertz CT molecular complexity index is 1310. The number of fused-ring (bicyclic) bond motifs is 1. The maximum absolute atomic E-state index is 13.5. The second-order valence-electron chi connectivity index (χ2n) is 8.40. The average molecular weight is 470 g/mol. The van der Waals surface area contributed by atoms with Crippen LogP contribution in [0.5, 0.6) is 0 Å². The van der Waals surface area contributed by atoms with E-state index in [1.54, 1.807) is 35.4 Å². The fourth-order valence-corrected chi connectivity index (χ4v) is 5.23. The maximum Gasteiger partial charge on any atom is 0.336 e. The van der Waals surface area contributed by atoms with Crippen LogP contribution in [0, 0.1) is 19.8 Å². The zero-order chi connectivity index (χ0) is 23.7. The Balaban J connectivity index is 1.66. The van der Waals surface area contributed by atoms with Gasteiger partial charge in [-0.25, -0.2) is 9.36 Å². The second-order valence-corrected chi connectivity index (χ2v) is 9.31. The van der Waals surface area contributed by atoms with E-state index in [2.05, 4.69) is 0 Å². The van der Waals surface area contributed by atoms with E-state index in [1.807, 2.05) is 19.9 Å². The Morgan fingerprint density at radius 2 is 1.76 bits per heavy atom. The summed E-state index contributed by atoms with van der Waals surface area (Å²) in [5.74, 6) is -0.634. The van der Waals surface area contributed by atoms with Crippen LogP contribution < -0.4 is 11.2 Å². The number of nitrogens with zero attached hydrogens (tertiary/aromatic N) is 3. The van der Waals surface area contributed by atoms with Crippen molar-refractivity contribution in [3.05, 3.63) is 61.6 Å². The highest BCUT2D eigenvalue weighted by Gasteiger charge is 2.29. The van der Waals surface area contributed by atoms with Crippen molar-refractivity contribution in [2.75, 3.05) is 19.7 Å². The lowest BCUT2D eigenvalue weighted by Gasteiger charge is -2.31. The number of rotatable bonds is 5. The van der Waals surface area contributed by atoms with Crippen LogP contribution in [0.3, 0.4) is 0 Å². The number of esters is 1. The molecule has 0 bridgehead atoms. The van der Waals surface area contributed by atoms with Gasteiger partial charge in [-0.05, 0) is 68.3 Å². The molecule has 1 aliphatic rings. The third-order valence-electron chi connectivity index (χ3n) is 5.98. The molecule has 3 aromatic rings. The van der Waals surface area contributed by atoms with Crippen LogP contribution >= 0.6 is 11.3 Å². The van der Waals surface area contributed by atoms with Gasteiger partial charge in [-0.2, -0.15) is 0 Å². The van der Waals surface area contributed by atoms with E-state index < -0.39 is 5.69 Å².